The smallest absolute Gasteiger partial charge is 0.123 e. The van der Waals surface area contributed by atoms with Crippen LogP contribution < -0.4 is 11.3 Å². The SMILES string of the molecule is C=CCCC(CSc1ccc(F)cc1)NN. The quantitative estimate of drug-likeness (QED) is 0.333. The van der Waals surface area contributed by atoms with Crippen molar-refractivity contribution in [2.24, 2.45) is 5.84 Å². The molecule has 0 saturated carbocycles. The first-order chi connectivity index (χ1) is 7.76. The van der Waals surface area contributed by atoms with Crippen LogP contribution in [0.5, 0.6) is 0 Å². The molecule has 2 nitrogen and oxygen atoms in total. The van der Waals surface area contributed by atoms with Crippen molar-refractivity contribution < 1.29 is 4.39 Å². The van der Waals surface area contributed by atoms with Gasteiger partial charge in [0.15, 0.2) is 0 Å². The van der Waals surface area contributed by atoms with Crippen LogP contribution in [0, 0.1) is 5.82 Å². The van der Waals surface area contributed by atoms with Gasteiger partial charge in [0.1, 0.15) is 5.82 Å². The molecule has 3 N–H and O–H groups in total. The van der Waals surface area contributed by atoms with Crippen molar-refractivity contribution in [2.75, 3.05) is 5.75 Å². The van der Waals surface area contributed by atoms with Crippen LogP contribution in [0.4, 0.5) is 4.39 Å². The van der Waals surface area contributed by atoms with Gasteiger partial charge in [0.2, 0.25) is 0 Å². The Kier molecular flexibility index (Phi) is 6.15. The van der Waals surface area contributed by atoms with Crippen molar-refractivity contribution in [2.45, 2.75) is 23.8 Å². The minimum Gasteiger partial charge on any atom is -0.271 e. The molecular weight excluding hydrogens is 223 g/mol. The molecule has 16 heavy (non-hydrogen) atoms. The lowest BCUT2D eigenvalue weighted by atomic mass is 10.2. The Morgan fingerprint density at radius 3 is 2.69 bits per heavy atom. The molecule has 1 atom stereocenters. The fourth-order valence-electron chi connectivity index (χ4n) is 1.26. The Morgan fingerprint density at radius 1 is 1.44 bits per heavy atom. The third-order valence-electron chi connectivity index (χ3n) is 2.22. The highest BCUT2D eigenvalue weighted by atomic mass is 32.2. The van der Waals surface area contributed by atoms with Gasteiger partial charge in [-0.25, -0.2) is 4.39 Å². The summed E-state index contributed by atoms with van der Waals surface area (Å²) in [6.45, 7) is 3.68. The van der Waals surface area contributed by atoms with Crippen molar-refractivity contribution in [1.82, 2.24) is 5.43 Å². The summed E-state index contributed by atoms with van der Waals surface area (Å²) in [5.74, 6) is 6.11. The molecule has 0 aliphatic carbocycles. The molecule has 1 rings (SSSR count). The minimum absolute atomic E-state index is 0.204. The summed E-state index contributed by atoms with van der Waals surface area (Å²) in [4.78, 5) is 1.06. The summed E-state index contributed by atoms with van der Waals surface area (Å²) in [5, 5.41) is 0. The van der Waals surface area contributed by atoms with E-state index >= 15 is 0 Å². The largest absolute Gasteiger partial charge is 0.271 e. The van der Waals surface area contributed by atoms with Gasteiger partial charge in [-0.1, -0.05) is 6.08 Å². The van der Waals surface area contributed by atoms with Crippen LogP contribution in [0.3, 0.4) is 0 Å². The van der Waals surface area contributed by atoms with Gasteiger partial charge in [-0.2, -0.15) is 0 Å². The zero-order valence-electron chi connectivity index (χ0n) is 9.16. The maximum Gasteiger partial charge on any atom is 0.123 e. The summed E-state index contributed by atoms with van der Waals surface area (Å²) in [6, 6.07) is 6.75. The lowest BCUT2D eigenvalue weighted by Gasteiger charge is -2.14. The van der Waals surface area contributed by atoms with Crippen molar-refractivity contribution in [3.05, 3.63) is 42.7 Å². The van der Waals surface area contributed by atoms with E-state index in [1.807, 2.05) is 6.08 Å². The number of nitrogens with one attached hydrogen (secondary N) is 1. The van der Waals surface area contributed by atoms with Gasteiger partial charge in [-0.15, -0.1) is 18.3 Å². The second kappa shape index (κ2) is 7.44. The number of thioether (sulfide) groups is 1. The summed E-state index contributed by atoms with van der Waals surface area (Å²) in [5.41, 5.74) is 2.78. The van der Waals surface area contributed by atoms with Crippen LogP contribution in [0.1, 0.15) is 12.8 Å². The molecule has 0 bridgehead atoms. The first-order valence-electron chi connectivity index (χ1n) is 5.21. The Hall–Kier alpha value is -0.840. The van der Waals surface area contributed by atoms with Gasteiger partial charge in [-0.05, 0) is 37.1 Å². The van der Waals surface area contributed by atoms with Crippen LogP contribution in [0.2, 0.25) is 0 Å². The highest BCUT2D eigenvalue weighted by Gasteiger charge is 2.06. The van der Waals surface area contributed by atoms with Gasteiger partial charge in [-0.3, -0.25) is 11.3 Å². The van der Waals surface area contributed by atoms with E-state index < -0.39 is 0 Å². The predicted molar refractivity (Wildman–Crippen MR) is 67.7 cm³/mol. The molecular formula is C12H17FN2S. The van der Waals surface area contributed by atoms with E-state index in [0.717, 1.165) is 23.5 Å². The normalized spacial score (nSPS) is 12.4. The molecule has 0 aromatic heterocycles. The molecule has 0 amide bonds. The zero-order chi connectivity index (χ0) is 11.8. The number of nitrogens with two attached hydrogens (primary N) is 1. The van der Waals surface area contributed by atoms with Crippen molar-refractivity contribution in [3.8, 4) is 0 Å². The second-order valence-corrected chi connectivity index (χ2v) is 4.59. The topological polar surface area (TPSA) is 38.0 Å². The number of benzene rings is 1. The van der Waals surface area contributed by atoms with Crippen LogP contribution >= 0.6 is 11.8 Å². The fourth-order valence-corrected chi connectivity index (χ4v) is 2.25. The van der Waals surface area contributed by atoms with Gasteiger partial charge in [0.25, 0.3) is 0 Å². The minimum atomic E-state index is -0.204. The van der Waals surface area contributed by atoms with Crippen LogP contribution in [0.25, 0.3) is 0 Å². The molecule has 0 heterocycles. The van der Waals surface area contributed by atoms with Crippen molar-refractivity contribution >= 4 is 11.8 Å². The average Bonchev–Trinajstić information content (AvgIpc) is 2.32. The molecule has 0 spiro atoms. The van der Waals surface area contributed by atoms with Crippen LogP contribution in [-0.4, -0.2) is 11.8 Å². The van der Waals surface area contributed by atoms with E-state index in [9.17, 15) is 4.39 Å². The number of rotatable bonds is 7. The van der Waals surface area contributed by atoms with Gasteiger partial charge in [0, 0.05) is 16.7 Å². The molecule has 1 aromatic carbocycles. The molecule has 0 radical (unpaired) electrons. The maximum absolute atomic E-state index is 12.7. The van der Waals surface area contributed by atoms with Gasteiger partial charge >= 0.3 is 0 Å². The molecule has 0 aliphatic rings. The van der Waals surface area contributed by atoms with Crippen molar-refractivity contribution in [1.29, 1.82) is 0 Å². The van der Waals surface area contributed by atoms with Gasteiger partial charge < -0.3 is 0 Å². The molecule has 0 aliphatic heterocycles. The number of hydrogen-bond acceptors (Lipinski definition) is 3. The molecule has 88 valence electrons. The lowest BCUT2D eigenvalue weighted by Crippen LogP contribution is -2.36. The molecule has 0 saturated heterocycles. The second-order valence-electron chi connectivity index (χ2n) is 3.49. The van der Waals surface area contributed by atoms with Crippen LogP contribution in [0.15, 0.2) is 41.8 Å². The summed E-state index contributed by atoms with van der Waals surface area (Å²) < 4.78 is 12.7. The Bertz CT molecular complexity index is 313. The number of halogens is 1. The van der Waals surface area contributed by atoms with Crippen molar-refractivity contribution in [3.63, 3.8) is 0 Å². The number of hydrazine groups is 1. The third kappa shape index (κ3) is 4.79. The Balaban J connectivity index is 2.36. The first-order valence-corrected chi connectivity index (χ1v) is 6.20. The van der Waals surface area contributed by atoms with Crippen LogP contribution in [-0.2, 0) is 0 Å². The summed E-state index contributed by atoms with van der Waals surface area (Å²) in [7, 11) is 0. The zero-order valence-corrected chi connectivity index (χ0v) is 9.97. The Labute approximate surface area is 100 Å². The number of hydrogen-bond donors (Lipinski definition) is 2. The van der Waals surface area contributed by atoms with E-state index in [0.29, 0.717) is 0 Å². The van der Waals surface area contributed by atoms with Gasteiger partial charge in [0.05, 0.1) is 0 Å². The maximum atomic E-state index is 12.7. The molecule has 4 heteroatoms. The molecule has 0 fully saturated rings. The highest BCUT2D eigenvalue weighted by Crippen LogP contribution is 2.19. The van der Waals surface area contributed by atoms with E-state index in [2.05, 4.69) is 12.0 Å². The van der Waals surface area contributed by atoms with E-state index in [-0.39, 0.29) is 11.9 Å². The number of allylic oxidation sites excluding steroid dienone is 1. The third-order valence-corrected chi connectivity index (χ3v) is 3.39. The van der Waals surface area contributed by atoms with E-state index in [1.165, 1.54) is 12.1 Å². The molecule has 1 unspecified atom stereocenters. The molecule has 1 aromatic rings. The Morgan fingerprint density at radius 2 is 2.12 bits per heavy atom. The van der Waals surface area contributed by atoms with E-state index in [4.69, 9.17) is 5.84 Å². The summed E-state index contributed by atoms with van der Waals surface area (Å²) in [6.07, 6.45) is 3.79. The average molecular weight is 240 g/mol. The first kappa shape index (κ1) is 13.2. The fraction of sp³-hybridized carbons (Fsp3) is 0.333. The highest BCUT2D eigenvalue weighted by molar-refractivity contribution is 7.99. The standard InChI is InChI=1S/C12H17FN2S/c1-2-3-4-11(15-14)9-16-12-7-5-10(13)6-8-12/h2,5-8,11,15H,1,3-4,9,14H2. The summed E-state index contributed by atoms with van der Waals surface area (Å²) >= 11 is 1.67. The van der Waals surface area contributed by atoms with E-state index in [1.54, 1.807) is 23.9 Å². The predicted octanol–water partition coefficient (Wildman–Crippen LogP) is 2.72. The monoisotopic (exact) mass is 240 g/mol. The lowest BCUT2D eigenvalue weighted by molar-refractivity contribution is 0.544.